The lowest BCUT2D eigenvalue weighted by atomic mass is 9.88. The molecule has 0 saturated heterocycles. The molecule has 8 heteroatoms. The Hall–Kier alpha value is -2.87. The van der Waals surface area contributed by atoms with Crippen LogP contribution in [-0.2, 0) is 27.1 Å². The average molecular weight is 445 g/mol. The van der Waals surface area contributed by atoms with E-state index in [1.165, 1.54) is 11.3 Å². The van der Waals surface area contributed by atoms with E-state index in [4.69, 9.17) is 9.47 Å². The van der Waals surface area contributed by atoms with Crippen LogP contribution in [0.15, 0.2) is 24.3 Å². The number of anilines is 2. The molecule has 3 rings (SSSR count). The summed E-state index contributed by atoms with van der Waals surface area (Å²) in [6.45, 7) is 3.75. The van der Waals surface area contributed by atoms with Crippen molar-refractivity contribution in [2.45, 2.75) is 33.1 Å². The van der Waals surface area contributed by atoms with E-state index in [2.05, 4.69) is 12.2 Å². The second kappa shape index (κ2) is 9.96. The minimum Gasteiger partial charge on any atom is -0.462 e. The molecule has 1 amide bonds. The number of ether oxygens (including phenoxy) is 2. The van der Waals surface area contributed by atoms with Gasteiger partial charge in [0.15, 0.2) is 6.61 Å². The smallest absolute Gasteiger partial charge is 0.341 e. The van der Waals surface area contributed by atoms with Crippen LogP contribution in [0.4, 0.5) is 10.7 Å². The second-order valence-electron chi connectivity index (χ2n) is 7.85. The first-order valence-corrected chi connectivity index (χ1v) is 11.2. The lowest BCUT2D eigenvalue weighted by molar-refractivity contribution is -0.119. The van der Waals surface area contributed by atoms with Gasteiger partial charge in [0.25, 0.3) is 5.91 Å². The highest BCUT2D eigenvalue weighted by Crippen LogP contribution is 2.40. The molecule has 1 aromatic heterocycles. The van der Waals surface area contributed by atoms with Gasteiger partial charge in [0.1, 0.15) is 5.00 Å². The average Bonchev–Trinajstić information content (AvgIpc) is 3.08. The van der Waals surface area contributed by atoms with E-state index in [0.717, 1.165) is 35.4 Å². The van der Waals surface area contributed by atoms with Gasteiger partial charge in [-0.05, 0) is 55.9 Å². The highest BCUT2D eigenvalue weighted by Gasteiger charge is 2.29. The van der Waals surface area contributed by atoms with Crippen LogP contribution >= 0.6 is 11.3 Å². The Balaban J connectivity index is 1.69. The standard InChI is InChI=1S/C23H28N2O5S/c1-5-29-23(28)20-17-10-9-14(2)11-18(17)31-21(20)24-19(26)13-30-22(27)15-7-6-8-16(12-15)25(3)4/h6-8,12,14H,5,9-11,13H2,1-4H3,(H,24,26)/t14-/m1/s1. The van der Waals surface area contributed by atoms with Gasteiger partial charge < -0.3 is 19.7 Å². The van der Waals surface area contributed by atoms with E-state index in [0.29, 0.717) is 22.0 Å². The number of amides is 1. The van der Waals surface area contributed by atoms with Crippen molar-refractivity contribution in [3.05, 3.63) is 45.8 Å². The molecule has 2 aromatic rings. The molecular formula is C23H28N2O5S. The molecule has 0 bridgehead atoms. The monoisotopic (exact) mass is 444 g/mol. The first kappa shape index (κ1) is 22.8. The van der Waals surface area contributed by atoms with Gasteiger partial charge in [-0.2, -0.15) is 0 Å². The zero-order chi connectivity index (χ0) is 22.5. The Kier molecular flexibility index (Phi) is 7.33. The normalized spacial score (nSPS) is 15.0. The lowest BCUT2D eigenvalue weighted by Gasteiger charge is -2.18. The van der Waals surface area contributed by atoms with E-state index >= 15 is 0 Å². The van der Waals surface area contributed by atoms with E-state index in [9.17, 15) is 14.4 Å². The molecule has 0 saturated carbocycles. The number of carbonyl (C=O) groups is 3. The van der Waals surface area contributed by atoms with Crippen molar-refractivity contribution in [3.63, 3.8) is 0 Å². The molecule has 0 radical (unpaired) electrons. The number of nitrogens with one attached hydrogen (secondary N) is 1. The van der Waals surface area contributed by atoms with Crippen molar-refractivity contribution < 1.29 is 23.9 Å². The Morgan fingerprint density at radius 3 is 2.68 bits per heavy atom. The summed E-state index contributed by atoms with van der Waals surface area (Å²) >= 11 is 1.41. The summed E-state index contributed by atoms with van der Waals surface area (Å²) < 4.78 is 10.4. The molecule has 7 nitrogen and oxygen atoms in total. The van der Waals surface area contributed by atoms with Crippen LogP contribution in [0.1, 0.15) is 51.4 Å². The van der Waals surface area contributed by atoms with E-state index in [1.807, 2.05) is 25.1 Å². The van der Waals surface area contributed by atoms with Gasteiger partial charge in [-0.25, -0.2) is 9.59 Å². The molecule has 31 heavy (non-hydrogen) atoms. The van der Waals surface area contributed by atoms with Crippen LogP contribution in [0.5, 0.6) is 0 Å². The highest BCUT2D eigenvalue weighted by molar-refractivity contribution is 7.17. The van der Waals surface area contributed by atoms with Gasteiger partial charge in [0.05, 0.1) is 17.7 Å². The minimum absolute atomic E-state index is 0.261. The van der Waals surface area contributed by atoms with Crippen LogP contribution in [0.3, 0.4) is 0 Å². The number of rotatable bonds is 7. The van der Waals surface area contributed by atoms with E-state index in [-0.39, 0.29) is 6.61 Å². The molecule has 1 aromatic carbocycles. The summed E-state index contributed by atoms with van der Waals surface area (Å²) in [7, 11) is 3.75. The van der Waals surface area contributed by atoms with Crippen LogP contribution in [0.2, 0.25) is 0 Å². The topological polar surface area (TPSA) is 84.9 Å². The number of carbonyl (C=O) groups excluding carboxylic acids is 3. The number of nitrogens with zero attached hydrogens (tertiary/aromatic N) is 1. The van der Waals surface area contributed by atoms with Gasteiger partial charge in [-0.15, -0.1) is 11.3 Å². The summed E-state index contributed by atoms with van der Waals surface area (Å²) in [5.41, 5.74) is 2.63. The third-order valence-corrected chi connectivity index (χ3v) is 6.35. The fourth-order valence-electron chi connectivity index (χ4n) is 3.55. The molecule has 0 fully saturated rings. The summed E-state index contributed by atoms with van der Waals surface area (Å²) in [5, 5.41) is 3.22. The molecule has 0 aliphatic heterocycles. The zero-order valence-corrected chi connectivity index (χ0v) is 19.1. The number of benzene rings is 1. The Morgan fingerprint density at radius 1 is 1.19 bits per heavy atom. The second-order valence-corrected chi connectivity index (χ2v) is 8.95. The molecular weight excluding hydrogens is 416 g/mol. The molecule has 0 unspecified atom stereocenters. The van der Waals surface area contributed by atoms with Crippen LogP contribution in [0, 0.1) is 5.92 Å². The van der Waals surface area contributed by atoms with Crippen LogP contribution in [-0.4, -0.2) is 45.2 Å². The predicted octanol–water partition coefficient (Wildman–Crippen LogP) is 3.91. The van der Waals surface area contributed by atoms with Gasteiger partial charge >= 0.3 is 11.9 Å². The fourth-order valence-corrected chi connectivity index (χ4v) is 4.96. The molecule has 166 valence electrons. The Labute approximate surface area is 186 Å². The number of hydrogen-bond donors (Lipinski definition) is 1. The van der Waals surface area contributed by atoms with Crippen LogP contribution in [0.25, 0.3) is 0 Å². The molecule has 1 N–H and O–H groups in total. The number of hydrogen-bond acceptors (Lipinski definition) is 7. The maximum atomic E-state index is 12.5. The van der Waals surface area contributed by atoms with Crippen molar-refractivity contribution in [3.8, 4) is 0 Å². The van der Waals surface area contributed by atoms with Gasteiger partial charge in [-0.1, -0.05) is 13.0 Å². The van der Waals surface area contributed by atoms with Gasteiger partial charge in [-0.3, -0.25) is 4.79 Å². The number of esters is 2. The van der Waals surface area contributed by atoms with E-state index in [1.54, 1.807) is 25.1 Å². The van der Waals surface area contributed by atoms with E-state index < -0.39 is 24.5 Å². The molecule has 1 aliphatic carbocycles. The SMILES string of the molecule is CCOC(=O)c1c(NC(=O)COC(=O)c2cccc(N(C)C)c2)sc2c1CC[C@@H](C)C2. The number of thiophene rings is 1. The van der Waals surface area contributed by atoms with Crippen molar-refractivity contribution in [1.29, 1.82) is 0 Å². The molecule has 1 heterocycles. The summed E-state index contributed by atoms with van der Waals surface area (Å²) in [6.07, 6.45) is 2.65. The highest BCUT2D eigenvalue weighted by atomic mass is 32.1. The Morgan fingerprint density at radius 2 is 1.97 bits per heavy atom. The minimum atomic E-state index is -0.580. The predicted molar refractivity (Wildman–Crippen MR) is 121 cm³/mol. The molecule has 0 spiro atoms. The van der Waals surface area contributed by atoms with Crippen molar-refractivity contribution in [1.82, 2.24) is 0 Å². The fraction of sp³-hybridized carbons (Fsp3) is 0.435. The van der Waals surface area contributed by atoms with Crippen molar-refractivity contribution in [2.24, 2.45) is 5.92 Å². The van der Waals surface area contributed by atoms with Gasteiger partial charge in [0.2, 0.25) is 0 Å². The first-order chi connectivity index (χ1) is 14.8. The van der Waals surface area contributed by atoms with Crippen LogP contribution < -0.4 is 10.2 Å². The molecule has 1 atom stereocenters. The maximum absolute atomic E-state index is 12.5. The largest absolute Gasteiger partial charge is 0.462 e. The summed E-state index contributed by atoms with van der Waals surface area (Å²) in [4.78, 5) is 40.4. The third-order valence-electron chi connectivity index (χ3n) is 5.18. The first-order valence-electron chi connectivity index (χ1n) is 10.4. The van der Waals surface area contributed by atoms with Crippen molar-refractivity contribution in [2.75, 3.05) is 37.5 Å². The zero-order valence-electron chi connectivity index (χ0n) is 18.3. The quantitative estimate of drug-likeness (QED) is 0.652. The van der Waals surface area contributed by atoms with Gasteiger partial charge in [0, 0.05) is 24.7 Å². The number of fused-ring (bicyclic) bond motifs is 1. The summed E-state index contributed by atoms with van der Waals surface area (Å²) in [6, 6.07) is 6.97. The maximum Gasteiger partial charge on any atom is 0.341 e. The lowest BCUT2D eigenvalue weighted by Crippen LogP contribution is -2.22. The Bertz CT molecular complexity index is 982. The summed E-state index contributed by atoms with van der Waals surface area (Å²) in [5.74, 6) is -0.968. The molecule has 1 aliphatic rings. The van der Waals surface area contributed by atoms with Crippen molar-refractivity contribution >= 4 is 39.9 Å². The third kappa shape index (κ3) is 5.44.